The quantitative estimate of drug-likeness (QED) is 0.132. The largest absolute Gasteiger partial charge is 0.493 e. The molecule has 0 saturated carbocycles. The number of hydrogen-bond acceptors (Lipinski definition) is 8. The molecule has 0 radical (unpaired) electrons. The standard InChI is InChI=1S/C31H40O8/c1-9-21-17-23(27(35-10-2)18-26(21)37-20-39-29(34)31(6,7)8)13-16-25(32)22-11-14-24(15-12-22)36-19-38-28(33)30(3,4)5/h11-18H,9-10,19-20H2,1-8H3. The molecule has 2 rings (SSSR count). The van der Waals surface area contributed by atoms with Gasteiger partial charge in [0.2, 0.25) is 13.6 Å². The smallest absolute Gasteiger partial charge is 0.314 e. The number of aryl methyl sites for hydroxylation is 1. The predicted molar refractivity (Wildman–Crippen MR) is 149 cm³/mol. The third-order valence-corrected chi connectivity index (χ3v) is 5.47. The van der Waals surface area contributed by atoms with Crippen LogP contribution in [0, 0.1) is 10.8 Å². The van der Waals surface area contributed by atoms with Gasteiger partial charge in [-0.15, -0.1) is 0 Å². The minimum atomic E-state index is -0.622. The van der Waals surface area contributed by atoms with Crippen LogP contribution in [0.15, 0.2) is 42.5 Å². The molecular formula is C31H40O8. The van der Waals surface area contributed by atoms with E-state index in [2.05, 4.69) is 0 Å². The Hall–Kier alpha value is -3.81. The number of ketones is 1. The van der Waals surface area contributed by atoms with Crippen LogP contribution in [0.2, 0.25) is 0 Å². The van der Waals surface area contributed by atoms with Crippen LogP contribution in [0.4, 0.5) is 0 Å². The molecule has 212 valence electrons. The lowest BCUT2D eigenvalue weighted by atomic mass is 9.97. The zero-order valence-corrected chi connectivity index (χ0v) is 24.2. The summed E-state index contributed by atoms with van der Waals surface area (Å²) in [6, 6.07) is 10.2. The molecule has 0 saturated heterocycles. The summed E-state index contributed by atoms with van der Waals surface area (Å²) in [7, 11) is 0. The Kier molecular flexibility index (Phi) is 11.1. The Labute approximate surface area is 231 Å². The Morgan fingerprint density at radius 3 is 1.82 bits per heavy atom. The maximum absolute atomic E-state index is 12.8. The fourth-order valence-electron chi connectivity index (χ4n) is 3.15. The number of allylic oxidation sites excluding steroid dienone is 1. The Morgan fingerprint density at radius 2 is 1.31 bits per heavy atom. The molecule has 0 aliphatic heterocycles. The fraction of sp³-hybridized carbons (Fsp3) is 0.452. The van der Waals surface area contributed by atoms with Crippen LogP contribution < -0.4 is 14.2 Å². The Balaban J connectivity index is 2.09. The molecule has 0 atom stereocenters. The summed E-state index contributed by atoms with van der Waals surface area (Å²) in [5.74, 6) is 0.662. The van der Waals surface area contributed by atoms with Crippen LogP contribution in [-0.2, 0) is 25.5 Å². The number of ether oxygens (including phenoxy) is 5. The van der Waals surface area contributed by atoms with E-state index in [1.807, 2.05) is 19.9 Å². The van der Waals surface area contributed by atoms with Crippen molar-refractivity contribution in [3.63, 3.8) is 0 Å². The van der Waals surface area contributed by atoms with Gasteiger partial charge in [-0.1, -0.05) is 6.92 Å². The Bertz CT molecular complexity index is 1160. The number of carbonyl (C=O) groups is 3. The van der Waals surface area contributed by atoms with Crippen molar-refractivity contribution in [1.29, 1.82) is 0 Å². The van der Waals surface area contributed by atoms with Crippen molar-refractivity contribution in [2.45, 2.75) is 61.8 Å². The van der Waals surface area contributed by atoms with Crippen LogP contribution >= 0.6 is 0 Å². The van der Waals surface area contributed by atoms with Gasteiger partial charge in [-0.2, -0.15) is 0 Å². The summed E-state index contributed by atoms with van der Waals surface area (Å²) in [6.45, 7) is 14.5. The van der Waals surface area contributed by atoms with Gasteiger partial charge in [0.1, 0.15) is 17.2 Å². The van der Waals surface area contributed by atoms with Gasteiger partial charge in [0.05, 0.1) is 17.4 Å². The van der Waals surface area contributed by atoms with Gasteiger partial charge in [-0.05, 0) is 103 Å². The maximum atomic E-state index is 12.8. The van der Waals surface area contributed by atoms with Gasteiger partial charge in [0.25, 0.3) is 0 Å². The maximum Gasteiger partial charge on any atom is 0.314 e. The van der Waals surface area contributed by atoms with E-state index < -0.39 is 10.8 Å². The van der Waals surface area contributed by atoms with Crippen molar-refractivity contribution >= 4 is 23.8 Å². The van der Waals surface area contributed by atoms with Crippen LogP contribution in [0.25, 0.3) is 6.08 Å². The highest BCUT2D eigenvalue weighted by molar-refractivity contribution is 6.07. The fourth-order valence-corrected chi connectivity index (χ4v) is 3.15. The lowest BCUT2D eigenvalue weighted by Gasteiger charge is -2.18. The molecule has 8 nitrogen and oxygen atoms in total. The lowest BCUT2D eigenvalue weighted by molar-refractivity contribution is -0.160. The molecule has 2 aromatic carbocycles. The number of hydrogen-bond donors (Lipinski definition) is 0. The number of esters is 2. The zero-order chi connectivity index (χ0) is 29.2. The van der Waals surface area contributed by atoms with E-state index in [0.29, 0.717) is 35.8 Å². The van der Waals surface area contributed by atoms with E-state index in [1.165, 1.54) is 6.08 Å². The van der Waals surface area contributed by atoms with Crippen LogP contribution in [0.5, 0.6) is 17.2 Å². The van der Waals surface area contributed by atoms with Crippen LogP contribution in [0.3, 0.4) is 0 Å². The van der Waals surface area contributed by atoms with Gasteiger partial charge in [-0.3, -0.25) is 14.4 Å². The number of rotatable bonds is 12. The molecule has 8 heteroatoms. The first-order valence-electron chi connectivity index (χ1n) is 13.0. The molecule has 0 spiro atoms. The molecule has 0 N–H and O–H groups in total. The van der Waals surface area contributed by atoms with Crippen molar-refractivity contribution in [2.24, 2.45) is 10.8 Å². The highest BCUT2D eigenvalue weighted by atomic mass is 16.7. The van der Waals surface area contributed by atoms with Crippen molar-refractivity contribution in [3.8, 4) is 17.2 Å². The highest BCUT2D eigenvalue weighted by Crippen LogP contribution is 2.31. The average molecular weight is 541 g/mol. The monoisotopic (exact) mass is 540 g/mol. The third-order valence-electron chi connectivity index (χ3n) is 5.47. The van der Waals surface area contributed by atoms with Gasteiger partial charge in [-0.25, -0.2) is 0 Å². The first-order chi connectivity index (χ1) is 18.3. The van der Waals surface area contributed by atoms with Crippen molar-refractivity contribution < 1.29 is 38.1 Å². The van der Waals surface area contributed by atoms with Crippen LogP contribution in [-0.4, -0.2) is 37.9 Å². The van der Waals surface area contributed by atoms with E-state index in [0.717, 1.165) is 11.1 Å². The second kappa shape index (κ2) is 13.8. The molecule has 2 aromatic rings. The van der Waals surface area contributed by atoms with E-state index in [4.69, 9.17) is 23.7 Å². The molecule has 0 aliphatic carbocycles. The first kappa shape index (κ1) is 31.4. The first-order valence-corrected chi connectivity index (χ1v) is 13.0. The second-order valence-corrected chi connectivity index (χ2v) is 10.9. The summed E-state index contributed by atoms with van der Waals surface area (Å²) < 4.78 is 27.3. The zero-order valence-electron chi connectivity index (χ0n) is 24.2. The van der Waals surface area contributed by atoms with Gasteiger partial charge < -0.3 is 23.7 Å². The minimum Gasteiger partial charge on any atom is -0.493 e. The van der Waals surface area contributed by atoms with Gasteiger partial charge in [0, 0.05) is 17.2 Å². The van der Waals surface area contributed by atoms with Crippen molar-refractivity contribution in [3.05, 3.63) is 59.2 Å². The van der Waals surface area contributed by atoms with E-state index in [1.54, 1.807) is 78.0 Å². The van der Waals surface area contributed by atoms with Crippen LogP contribution in [0.1, 0.15) is 76.9 Å². The SMILES string of the molecule is CCOc1cc(OCOC(=O)C(C)(C)C)c(CC)cc1C=CC(=O)c1ccc(OCOC(=O)C(C)(C)C)cc1. The minimum absolute atomic E-state index is 0.198. The second-order valence-electron chi connectivity index (χ2n) is 10.9. The summed E-state index contributed by atoms with van der Waals surface area (Å²) in [6.07, 6.45) is 3.84. The molecule has 0 heterocycles. The van der Waals surface area contributed by atoms with Crippen molar-refractivity contribution in [2.75, 3.05) is 20.2 Å². The summed E-state index contributed by atoms with van der Waals surface area (Å²) in [4.78, 5) is 36.7. The number of carbonyl (C=O) groups excluding carboxylic acids is 3. The molecule has 39 heavy (non-hydrogen) atoms. The van der Waals surface area contributed by atoms with Gasteiger partial charge >= 0.3 is 11.9 Å². The summed E-state index contributed by atoms with van der Waals surface area (Å²) in [5.41, 5.74) is 0.843. The van der Waals surface area contributed by atoms with Crippen molar-refractivity contribution in [1.82, 2.24) is 0 Å². The summed E-state index contributed by atoms with van der Waals surface area (Å²) >= 11 is 0. The molecular weight excluding hydrogens is 500 g/mol. The van der Waals surface area contributed by atoms with Gasteiger partial charge in [0.15, 0.2) is 5.78 Å². The Morgan fingerprint density at radius 1 is 0.744 bits per heavy atom. The topological polar surface area (TPSA) is 97.4 Å². The third kappa shape index (κ3) is 9.78. The van der Waals surface area contributed by atoms with E-state index in [9.17, 15) is 14.4 Å². The normalized spacial score (nSPS) is 11.7. The molecule has 0 aromatic heterocycles. The molecule has 0 amide bonds. The molecule has 0 aliphatic rings. The molecule has 0 bridgehead atoms. The lowest BCUT2D eigenvalue weighted by Crippen LogP contribution is -2.24. The number of benzene rings is 2. The highest BCUT2D eigenvalue weighted by Gasteiger charge is 2.24. The molecule has 0 fully saturated rings. The van der Waals surface area contributed by atoms with E-state index >= 15 is 0 Å². The molecule has 0 unspecified atom stereocenters. The average Bonchev–Trinajstić information content (AvgIpc) is 2.87. The van der Waals surface area contributed by atoms with E-state index in [-0.39, 0.29) is 31.3 Å². The summed E-state index contributed by atoms with van der Waals surface area (Å²) in [5, 5.41) is 0. The predicted octanol–water partition coefficient (Wildman–Crippen LogP) is 6.40.